The van der Waals surface area contributed by atoms with Crippen molar-refractivity contribution < 1.29 is 4.79 Å². The van der Waals surface area contributed by atoms with Crippen LogP contribution < -0.4 is 5.73 Å². The second-order valence-electron chi connectivity index (χ2n) is 6.74. The number of halogens is 1. The van der Waals surface area contributed by atoms with Gasteiger partial charge in [-0.15, -0.1) is 12.4 Å². The second-order valence-corrected chi connectivity index (χ2v) is 6.74. The van der Waals surface area contributed by atoms with Gasteiger partial charge in [-0.05, 0) is 38.0 Å². The Morgan fingerprint density at radius 3 is 2.47 bits per heavy atom. The largest absolute Gasteiger partial charge is 0.341 e. The summed E-state index contributed by atoms with van der Waals surface area (Å²) in [6.07, 6.45) is 7.82. The van der Waals surface area contributed by atoms with E-state index in [1.54, 1.807) is 0 Å². The van der Waals surface area contributed by atoms with Gasteiger partial charge in [0.05, 0.1) is 0 Å². The number of carbonyl (C=O) groups is 1. The predicted molar refractivity (Wildman–Crippen MR) is 81.4 cm³/mol. The molecule has 112 valence electrons. The summed E-state index contributed by atoms with van der Waals surface area (Å²) < 4.78 is 0. The number of nitrogens with two attached hydrogens (primary N) is 1. The molecule has 0 bridgehead atoms. The molecule has 3 nitrogen and oxygen atoms in total. The molecule has 1 saturated carbocycles. The maximum atomic E-state index is 12.9. The zero-order valence-corrected chi connectivity index (χ0v) is 13.2. The Kier molecular flexibility index (Phi) is 6.13. The van der Waals surface area contributed by atoms with E-state index in [0.717, 1.165) is 45.2 Å². The molecule has 0 aromatic rings. The fourth-order valence-corrected chi connectivity index (χ4v) is 3.87. The lowest BCUT2D eigenvalue weighted by Gasteiger charge is -2.39. The van der Waals surface area contributed by atoms with Crippen molar-refractivity contribution in [3.63, 3.8) is 0 Å². The van der Waals surface area contributed by atoms with Gasteiger partial charge in [0.25, 0.3) is 0 Å². The third-order valence-electron chi connectivity index (χ3n) is 4.56. The molecule has 0 spiro atoms. The van der Waals surface area contributed by atoms with Crippen LogP contribution in [0.4, 0.5) is 0 Å². The Morgan fingerprint density at radius 1 is 1.32 bits per heavy atom. The van der Waals surface area contributed by atoms with Gasteiger partial charge < -0.3 is 10.6 Å². The zero-order valence-electron chi connectivity index (χ0n) is 12.4. The Bertz CT molecular complexity index is 301. The van der Waals surface area contributed by atoms with Crippen LogP contribution in [0.15, 0.2) is 0 Å². The van der Waals surface area contributed by atoms with Crippen LogP contribution in [0.3, 0.4) is 0 Å². The number of hydrogen-bond acceptors (Lipinski definition) is 2. The van der Waals surface area contributed by atoms with Crippen LogP contribution in [0.1, 0.15) is 58.8 Å². The molecule has 19 heavy (non-hydrogen) atoms. The Morgan fingerprint density at radius 2 is 1.95 bits per heavy atom. The van der Waals surface area contributed by atoms with E-state index in [0.29, 0.717) is 11.8 Å². The van der Waals surface area contributed by atoms with E-state index in [1.165, 1.54) is 12.8 Å². The minimum absolute atomic E-state index is 0. The fraction of sp³-hybridized carbons (Fsp3) is 0.933. The van der Waals surface area contributed by atoms with Crippen molar-refractivity contribution in [2.45, 2.75) is 64.8 Å². The lowest BCUT2D eigenvalue weighted by Crippen LogP contribution is -2.51. The number of piperidine rings is 1. The molecule has 1 heterocycles. The van der Waals surface area contributed by atoms with Crippen LogP contribution in [0, 0.1) is 11.3 Å². The summed E-state index contributed by atoms with van der Waals surface area (Å²) in [4.78, 5) is 14.9. The van der Waals surface area contributed by atoms with E-state index in [2.05, 4.69) is 18.7 Å². The van der Waals surface area contributed by atoms with Gasteiger partial charge in [0.15, 0.2) is 0 Å². The summed E-state index contributed by atoms with van der Waals surface area (Å²) in [5, 5.41) is 0. The minimum atomic E-state index is -0.0504. The molecule has 1 amide bonds. The first kappa shape index (κ1) is 16.8. The van der Waals surface area contributed by atoms with Crippen LogP contribution in [0.25, 0.3) is 0 Å². The molecule has 4 heteroatoms. The average molecular weight is 289 g/mol. The van der Waals surface area contributed by atoms with Crippen molar-refractivity contribution in [1.29, 1.82) is 0 Å². The molecule has 0 aromatic heterocycles. The third-order valence-corrected chi connectivity index (χ3v) is 4.56. The SMILES string of the molecule is CC(C)CC1(C(=O)N2CCCC(N)C2)CCCC1.Cl. The second kappa shape index (κ2) is 6.94. The number of likely N-dealkylation sites (tertiary alicyclic amines) is 1. The summed E-state index contributed by atoms with van der Waals surface area (Å²) in [5.41, 5.74) is 5.96. The van der Waals surface area contributed by atoms with Gasteiger partial charge in [0.1, 0.15) is 0 Å². The van der Waals surface area contributed by atoms with E-state index in [1.807, 2.05) is 0 Å². The summed E-state index contributed by atoms with van der Waals surface area (Å²) in [6.45, 7) is 6.16. The van der Waals surface area contributed by atoms with Crippen LogP contribution in [-0.2, 0) is 4.79 Å². The predicted octanol–water partition coefficient (Wildman–Crippen LogP) is 2.96. The molecular weight excluding hydrogens is 260 g/mol. The molecule has 2 fully saturated rings. The zero-order chi connectivity index (χ0) is 13.2. The highest BCUT2D eigenvalue weighted by Gasteiger charge is 2.44. The number of rotatable bonds is 3. The van der Waals surface area contributed by atoms with Crippen LogP contribution in [-0.4, -0.2) is 29.9 Å². The summed E-state index contributed by atoms with van der Waals surface area (Å²) in [7, 11) is 0. The molecule has 1 unspecified atom stereocenters. The molecule has 2 N–H and O–H groups in total. The Hall–Kier alpha value is -0.280. The number of nitrogens with zero attached hydrogens (tertiary/aromatic N) is 1. The van der Waals surface area contributed by atoms with E-state index < -0.39 is 0 Å². The average Bonchev–Trinajstić information content (AvgIpc) is 2.77. The minimum Gasteiger partial charge on any atom is -0.341 e. The van der Waals surface area contributed by atoms with E-state index in [4.69, 9.17) is 5.73 Å². The lowest BCUT2D eigenvalue weighted by molar-refractivity contribution is -0.144. The summed E-state index contributed by atoms with van der Waals surface area (Å²) in [6, 6.07) is 0.195. The van der Waals surface area contributed by atoms with Crippen molar-refractivity contribution in [2.75, 3.05) is 13.1 Å². The van der Waals surface area contributed by atoms with Gasteiger partial charge >= 0.3 is 0 Å². The molecule has 0 radical (unpaired) electrons. The van der Waals surface area contributed by atoms with Gasteiger partial charge in [0, 0.05) is 24.5 Å². The molecule has 2 aliphatic rings. The summed E-state index contributed by atoms with van der Waals surface area (Å²) in [5.74, 6) is 1.01. The van der Waals surface area contributed by atoms with E-state index >= 15 is 0 Å². The number of hydrogen-bond donors (Lipinski definition) is 1. The first-order chi connectivity index (χ1) is 8.53. The topological polar surface area (TPSA) is 46.3 Å². The molecular formula is C15H29ClN2O. The van der Waals surface area contributed by atoms with Gasteiger partial charge in [0.2, 0.25) is 5.91 Å². The van der Waals surface area contributed by atoms with Crippen molar-refractivity contribution in [3.05, 3.63) is 0 Å². The fourth-order valence-electron chi connectivity index (χ4n) is 3.87. The van der Waals surface area contributed by atoms with Crippen molar-refractivity contribution >= 4 is 18.3 Å². The van der Waals surface area contributed by atoms with Crippen LogP contribution in [0.2, 0.25) is 0 Å². The Labute approximate surface area is 123 Å². The van der Waals surface area contributed by atoms with E-state index in [9.17, 15) is 4.79 Å². The van der Waals surface area contributed by atoms with E-state index in [-0.39, 0.29) is 23.9 Å². The maximum absolute atomic E-state index is 12.9. The van der Waals surface area contributed by atoms with Crippen molar-refractivity contribution in [3.8, 4) is 0 Å². The van der Waals surface area contributed by atoms with Crippen molar-refractivity contribution in [1.82, 2.24) is 4.90 Å². The van der Waals surface area contributed by atoms with Crippen LogP contribution >= 0.6 is 12.4 Å². The van der Waals surface area contributed by atoms with Crippen molar-refractivity contribution in [2.24, 2.45) is 17.1 Å². The molecule has 1 aliphatic heterocycles. The molecule has 1 atom stereocenters. The molecule has 1 aliphatic carbocycles. The quantitative estimate of drug-likeness (QED) is 0.868. The highest BCUT2D eigenvalue weighted by molar-refractivity contribution is 5.85. The molecule has 2 rings (SSSR count). The highest BCUT2D eigenvalue weighted by Crippen LogP contribution is 2.44. The standard InChI is InChI=1S/C15H28N2O.ClH/c1-12(2)10-15(7-3-4-8-15)14(18)17-9-5-6-13(16)11-17;/h12-13H,3-11,16H2,1-2H3;1H. The van der Waals surface area contributed by atoms with Gasteiger partial charge in [-0.25, -0.2) is 0 Å². The number of carbonyl (C=O) groups excluding carboxylic acids is 1. The molecule has 0 aromatic carbocycles. The maximum Gasteiger partial charge on any atom is 0.228 e. The molecule has 1 saturated heterocycles. The first-order valence-corrected chi connectivity index (χ1v) is 7.58. The van der Waals surface area contributed by atoms with Gasteiger partial charge in [-0.1, -0.05) is 26.7 Å². The highest BCUT2D eigenvalue weighted by atomic mass is 35.5. The first-order valence-electron chi connectivity index (χ1n) is 7.58. The normalized spacial score (nSPS) is 26.3. The Balaban J connectivity index is 0.00000180. The smallest absolute Gasteiger partial charge is 0.228 e. The van der Waals surface area contributed by atoms with Gasteiger partial charge in [-0.2, -0.15) is 0 Å². The lowest BCUT2D eigenvalue weighted by atomic mass is 9.77. The van der Waals surface area contributed by atoms with Gasteiger partial charge in [-0.3, -0.25) is 4.79 Å². The summed E-state index contributed by atoms with van der Waals surface area (Å²) >= 11 is 0. The number of amides is 1. The third kappa shape index (κ3) is 3.85. The van der Waals surface area contributed by atoms with Crippen LogP contribution in [0.5, 0.6) is 0 Å². The monoisotopic (exact) mass is 288 g/mol.